The van der Waals surface area contributed by atoms with Gasteiger partial charge in [0.2, 0.25) is 0 Å². The van der Waals surface area contributed by atoms with Gasteiger partial charge in [0.15, 0.2) is 0 Å². The third kappa shape index (κ3) is 7.92. The van der Waals surface area contributed by atoms with Crippen LogP contribution in [0.2, 0.25) is 0 Å². The predicted molar refractivity (Wildman–Crippen MR) is 69.4 cm³/mol. The van der Waals surface area contributed by atoms with Gasteiger partial charge in [0.25, 0.3) is 0 Å². The first-order chi connectivity index (χ1) is 8.13. The number of carboxylic acids is 1. The van der Waals surface area contributed by atoms with E-state index in [-0.39, 0.29) is 11.8 Å². The molecule has 0 aromatic carbocycles. The molecule has 0 saturated heterocycles. The first-order valence-electron chi connectivity index (χ1n) is 6.33. The van der Waals surface area contributed by atoms with Gasteiger partial charge in [-0.3, -0.25) is 4.79 Å². The molecule has 1 amide bonds. The summed E-state index contributed by atoms with van der Waals surface area (Å²) >= 11 is 0. The normalized spacial score (nSPS) is 13.2. The van der Waals surface area contributed by atoms with Gasteiger partial charge in [0.05, 0.1) is 5.92 Å². The van der Waals surface area contributed by atoms with Gasteiger partial charge in [-0.15, -0.1) is 0 Å². The molecule has 0 fully saturated rings. The second kappa shape index (κ2) is 7.24. The SMILES string of the molecule is CC(C)[C@H](CCCNC(=O)OC(C)(C)C)C(=O)O. The fraction of sp³-hybridized carbons (Fsp3) is 0.846. The summed E-state index contributed by atoms with van der Waals surface area (Å²) in [6.45, 7) is 9.61. The van der Waals surface area contributed by atoms with E-state index < -0.39 is 17.7 Å². The molecule has 0 unspecified atom stereocenters. The lowest BCUT2D eigenvalue weighted by atomic mass is 9.91. The lowest BCUT2D eigenvalue weighted by Crippen LogP contribution is -2.33. The van der Waals surface area contributed by atoms with E-state index in [0.717, 1.165) is 0 Å². The largest absolute Gasteiger partial charge is 0.481 e. The molecular weight excluding hydrogens is 234 g/mol. The highest BCUT2D eigenvalue weighted by Crippen LogP contribution is 2.17. The van der Waals surface area contributed by atoms with Gasteiger partial charge in [0.1, 0.15) is 5.60 Å². The van der Waals surface area contributed by atoms with Crippen LogP contribution in [0.25, 0.3) is 0 Å². The zero-order chi connectivity index (χ0) is 14.3. The summed E-state index contributed by atoms with van der Waals surface area (Å²) in [6, 6.07) is 0. The van der Waals surface area contributed by atoms with Crippen molar-refractivity contribution in [1.82, 2.24) is 5.32 Å². The van der Waals surface area contributed by atoms with Crippen LogP contribution in [0.5, 0.6) is 0 Å². The first-order valence-corrected chi connectivity index (χ1v) is 6.33. The van der Waals surface area contributed by atoms with Gasteiger partial charge in [-0.2, -0.15) is 0 Å². The summed E-state index contributed by atoms with van der Waals surface area (Å²) in [6.07, 6.45) is 0.732. The minimum atomic E-state index is -0.776. The molecule has 106 valence electrons. The number of ether oxygens (including phenoxy) is 1. The summed E-state index contributed by atoms with van der Waals surface area (Å²) in [5, 5.41) is 11.6. The van der Waals surface area contributed by atoms with E-state index in [1.807, 2.05) is 13.8 Å². The Labute approximate surface area is 109 Å². The molecule has 0 aliphatic rings. The van der Waals surface area contributed by atoms with E-state index in [1.54, 1.807) is 20.8 Å². The Hall–Kier alpha value is -1.26. The predicted octanol–water partition coefficient (Wildman–Crippen LogP) is 2.65. The van der Waals surface area contributed by atoms with Gasteiger partial charge >= 0.3 is 12.1 Å². The minimum Gasteiger partial charge on any atom is -0.481 e. The standard InChI is InChI=1S/C13H25NO4/c1-9(2)10(11(15)16)7-6-8-14-12(17)18-13(3,4)5/h9-10H,6-8H2,1-5H3,(H,14,17)(H,15,16)/t10-/m0/s1. The molecule has 0 radical (unpaired) electrons. The van der Waals surface area contributed by atoms with Crippen molar-refractivity contribution in [3.63, 3.8) is 0 Å². The Kier molecular flexibility index (Phi) is 6.73. The molecule has 0 aromatic rings. The van der Waals surface area contributed by atoms with Crippen molar-refractivity contribution in [1.29, 1.82) is 0 Å². The number of carbonyl (C=O) groups is 2. The molecule has 0 aliphatic carbocycles. The maximum atomic E-state index is 11.3. The number of carboxylic acid groups (broad SMARTS) is 1. The molecule has 0 aromatic heterocycles. The van der Waals surface area contributed by atoms with E-state index in [2.05, 4.69) is 5.32 Å². The zero-order valence-corrected chi connectivity index (χ0v) is 11.9. The van der Waals surface area contributed by atoms with Gasteiger partial charge in [0, 0.05) is 6.54 Å². The summed E-state index contributed by atoms with van der Waals surface area (Å²) in [4.78, 5) is 22.3. The molecule has 2 N–H and O–H groups in total. The molecule has 18 heavy (non-hydrogen) atoms. The van der Waals surface area contributed by atoms with E-state index in [1.165, 1.54) is 0 Å². The van der Waals surface area contributed by atoms with Crippen LogP contribution < -0.4 is 5.32 Å². The average Bonchev–Trinajstić information content (AvgIpc) is 2.12. The van der Waals surface area contributed by atoms with Crippen LogP contribution >= 0.6 is 0 Å². The number of alkyl carbamates (subject to hydrolysis) is 1. The molecule has 0 aliphatic heterocycles. The maximum absolute atomic E-state index is 11.3. The second-order valence-electron chi connectivity index (χ2n) is 5.76. The second-order valence-corrected chi connectivity index (χ2v) is 5.76. The maximum Gasteiger partial charge on any atom is 0.407 e. The molecule has 0 spiro atoms. The monoisotopic (exact) mass is 259 g/mol. The molecule has 5 heteroatoms. The van der Waals surface area contributed by atoms with Gasteiger partial charge in [-0.1, -0.05) is 13.8 Å². The molecule has 0 bridgehead atoms. The molecule has 0 rings (SSSR count). The van der Waals surface area contributed by atoms with Crippen molar-refractivity contribution in [3.05, 3.63) is 0 Å². The third-order valence-corrected chi connectivity index (χ3v) is 2.48. The van der Waals surface area contributed by atoms with Crippen molar-refractivity contribution < 1.29 is 19.4 Å². The van der Waals surface area contributed by atoms with Crippen molar-refractivity contribution in [2.24, 2.45) is 11.8 Å². The zero-order valence-electron chi connectivity index (χ0n) is 11.9. The Morgan fingerprint density at radius 2 is 1.83 bits per heavy atom. The fourth-order valence-electron chi connectivity index (χ4n) is 1.57. The van der Waals surface area contributed by atoms with Crippen LogP contribution in [0.3, 0.4) is 0 Å². The number of carbonyl (C=O) groups excluding carboxylic acids is 1. The van der Waals surface area contributed by atoms with E-state index in [0.29, 0.717) is 19.4 Å². The minimum absolute atomic E-state index is 0.101. The third-order valence-electron chi connectivity index (χ3n) is 2.48. The van der Waals surface area contributed by atoms with Crippen LogP contribution in [0.1, 0.15) is 47.5 Å². The van der Waals surface area contributed by atoms with E-state index >= 15 is 0 Å². The Bertz CT molecular complexity index is 281. The molecule has 5 nitrogen and oxygen atoms in total. The van der Waals surface area contributed by atoms with Crippen LogP contribution in [-0.4, -0.2) is 29.3 Å². The van der Waals surface area contributed by atoms with Crippen LogP contribution in [0, 0.1) is 11.8 Å². The molecular formula is C13H25NO4. The number of hydrogen-bond donors (Lipinski definition) is 2. The highest BCUT2D eigenvalue weighted by Gasteiger charge is 2.21. The van der Waals surface area contributed by atoms with Gasteiger partial charge < -0.3 is 15.2 Å². The lowest BCUT2D eigenvalue weighted by molar-refractivity contribution is -0.143. The van der Waals surface area contributed by atoms with Crippen molar-refractivity contribution in [3.8, 4) is 0 Å². The van der Waals surface area contributed by atoms with Gasteiger partial charge in [-0.05, 0) is 39.5 Å². The smallest absolute Gasteiger partial charge is 0.407 e. The van der Waals surface area contributed by atoms with Crippen molar-refractivity contribution in [2.45, 2.75) is 53.1 Å². The van der Waals surface area contributed by atoms with Gasteiger partial charge in [-0.25, -0.2) is 4.79 Å². The Morgan fingerprint density at radius 3 is 2.22 bits per heavy atom. The van der Waals surface area contributed by atoms with Crippen molar-refractivity contribution in [2.75, 3.05) is 6.54 Å². The Morgan fingerprint density at radius 1 is 1.28 bits per heavy atom. The van der Waals surface area contributed by atoms with Crippen LogP contribution in [-0.2, 0) is 9.53 Å². The van der Waals surface area contributed by atoms with Crippen LogP contribution in [0.4, 0.5) is 4.79 Å². The number of aliphatic carboxylic acids is 1. The first kappa shape index (κ1) is 16.7. The number of rotatable bonds is 6. The number of amides is 1. The van der Waals surface area contributed by atoms with E-state index in [9.17, 15) is 9.59 Å². The summed E-state index contributed by atoms with van der Waals surface area (Å²) in [5.74, 6) is -1.03. The fourth-order valence-corrected chi connectivity index (χ4v) is 1.57. The molecule has 0 heterocycles. The highest BCUT2D eigenvalue weighted by molar-refractivity contribution is 5.70. The summed E-state index contributed by atoms with van der Waals surface area (Å²) in [7, 11) is 0. The summed E-state index contributed by atoms with van der Waals surface area (Å²) < 4.78 is 5.07. The Balaban J connectivity index is 3.85. The van der Waals surface area contributed by atoms with Crippen molar-refractivity contribution >= 4 is 12.1 Å². The van der Waals surface area contributed by atoms with Crippen LogP contribution in [0.15, 0.2) is 0 Å². The average molecular weight is 259 g/mol. The summed E-state index contributed by atoms with van der Waals surface area (Å²) in [5.41, 5.74) is -0.508. The quantitative estimate of drug-likeness (QED) is 0.719. The highest BCUT2D eigenvalue weighted by atomic mass is 16.6. The number of nitrogens with one attached hydrogen (secondary N) is 1. The van der Waals surface area contributed by atoms with E-state index in [4.69, 9.17) is 9.84 Å². The number of hydrogen-bond acceptors (Lipinski definition) is 3. The molecule has 1 atom stereocenters. The topological polar surface area (TPSA) is 75.6 Å². The molecule has 0 saturated carbocycles. The lowest BCUT2D eigenvalue weighted by Gasteiger charge is -2.20.